The maximum absolute atomic E-state index is 12.7. The number of hydrogen-bond acceptors (Lipinski definition) is 7. The lowest BCUT2D eigenvalue weighted by Crippen LogP contribution is -2.09. The Morgan fingerprint density at radius 2 is 1.81 bits per heavy atom. The van der Waals surface area contributed by atoms with Gasteiger partial charge in [0.15, 0.2) is 5.69 Å². The fourth-order valence-electron chi connectivity index (χ4n) is 3.24. The Bertz CT molecular complexity index is 1240. The van der Waals surface area contributed by atoms with Crippen LogP contribution in [0.4, 0.5) is 0 Å². The number of benzene rings is 2. The maximum atomic E-state index is 12.7. The van der Waals surface area contributed by atoms with Crippen LogP contribution in [0.15, 0.2) is 52.9 Å². The first-order chi connectivity index (χ1) is 15.5. The Morgan fingerprint density at radius 3 is 2.56 bits per heavy atom. The van der Waals surface area contributed by atoms with Gasteiger partial charge in [0.25, 0.3) is 0 Å². The van der Waals surface area contributed by atoms with Gasteiger partial charge in [-0.3, -0.25) is 0 Å². The second-order valence-electron chi connectivity index (χ2n) is 7.30. The molecular formula is C24H24N4O4. The topological polar surface area (TPSA) is 92.3 Å². The number of para-hydroxylation sites is 2. The molecule has 4 aromatic rings. The number of carbonyl (C=O) groups excluding carboxylic acids is 1. The van der Waals surface area contributed by atoms with Crippen molar-refractivity contribution in [2.75, 3.05) is 6.61 Å². The van der Waals surface area contributed by atoms with Crippen LogP contribution >= 0.6 is 0 Å². The molecule has 0 bridgehead atoms. The maximum Gasteiger partial charge on any atom is 0.361 e. The first-order valence-electron chi connectivity index (χ1n) is 10.3. The first kappa shape index (κ1) is 21.3. The molecular weight excluding hydrogens is 408 g/mol. The zero-order valence-electron chi connectivity index (χ0n) is 18.5. The van der Waals surface area contributed by atoms with Crippen molar-refractivity contribution in [3.05, 3.63) is 76.9 Å². The zero-order chi connectivity index (χ0) is 22.7. The van der Waals surface area contributed by atoms with Crippen molar-refractivity contribution in [3.63, 3.8) is 0 Å². The van der Waals surface area contributed by atoms with Crippen molar-refractivity contribution in [1.82, 2.24) is 20.0 Å². The minimum Gasteiger partial charge on any atom is -0.492 e. The second-order valence-corrected chi connectivity index (χ2v) is 7.30. The highest BCUT2D eigenvalue weighted by molar-refractivity contribution is 5.88. The van der Waals surface area contributed by atoms with Gasteiger partial charge in [-0.15, -0.1) is 5.10 Å². The highest BCUT2D eigenvalue weighted by atomic mass is 16.5. The summed E-state index contributed by atoms with van der Waals surface area (Å²) >= 11 is 0. The number of oxazole rings is 1. The normalized spacial score (nSPS) is 10.9. The minimum atomic E-state index is -0.582. The average molecular weight is 432 g/mol. The summed E-state index contributed by atoms with van der Waals surface area (Å²) in [7, 11) is 0. The quantitative estimate of drug-likeness (QED) is 0.394. The molecule has 0 aliphatic carbocycles. The molecule has 8 heteroatoms. The van der Waals surface area contributed by atoms with Crippen molar-refractivity contribution in [3.8, 4) is 22.9 Å². The Hall–Kier alpha value is -3.94. The molecule has 2 heterocycles. The molecule has 0 aliphatic heterocycles. The smallest absolute Gasteiger partial charge is 0.361 e. The van der Waals surface area contributed by atoms with Crippen LogP contribution in [0.5, 0.6) is 5.75 Å². The number of rotatable bonds is 7. The van der Waals surface area contributed by atoms with E-state index in [0.29, 0.717) is 41.1 Å². The summed E-state index contributed by atoms with van der Waals surface area (Å²) < 4.78 is 18.4. The molecule has 0 aliphatic rings. The van der Waals surface area contributed by atoms with E-state index in [2.05, 4.69) is 15.3 Å². The largest absolute Gasteiger partial charge is 0.492 e. The van der Waals surface area contributed by atoms with Crippen LogP contribution in [-0.2, 0) is 11.3 Å². The fraction of sp³-hybridized carbons (Fsp3) is 0.250. The summed E-state index contributed by atoms with van der Waals surface area (Å²) in [5, 5.41) is 8.15. The van der Waals surface area contributed by atoms with E-state index in [1.807, 2.05) is 62.4 Å². The Kier molecular flexibility index (Phi) is 6.02. The van der Waals surface area contributed by atoms with Gasteiger partial charge in [-0.2, -0.15) is 0 Å². The van der Waals surface area contributed by atoms with Gasteiger partial charge in [-0.05, 0) is 52.0 Å². The fourth-order valence-corrected chi connectivity index (χ4v) is 3.24. The highest BCUT2D eigenvalue weighted by Gasteiger charge is 2.21. The monoisotopic (exact) mass is 432 g/mol. The SMILES string of the molecule is CCOc1ccccc1-n1nnc(C(=O)OCc2nc(-c3ccc(C)cc3)oc2C)c1C. The summed E-state index contributed by atoms with van der Waals surface area (Å²) in [6.45, 7) is 7.96. The number of hydrogen-bond donors (Lipinski definition) is 0. The van der Waals surface area contributed by atoms with Crippen LogP contribution in [0.1, 0.15) is 40.1 Å². The summed E-state index contributed by atoms with van der Waals surface area (Å²) in [6, 6.07) is 15.3. The summed E-state index contributed by atoms with van der Waals surface area (Å²) in [4.78, 5) is 17.2. The van der Waals surface area contributed by atoms with Gasteiger partial charge in [0.05, 0.1) is 12.3 Å². The molecule has 164 valence electrons. The second kappa shape index (κ2) is 9.05. The molecule has 0 radical (unpaired) electrons. The standard InChI is InChI=1S/C24H24N4O4/c1-5-30-21-9-7-6-8-20(21)28-16(3)22(26-27-28)24(29)31-14-19-17(4)32-23(25-19)18-12-10-15(2)11-13-18/h6-13H,5,14H2,1-4H3. The number of aryl methyl sites for hydroxylation is 2. The van der Waals surface area contributed by atoms with Crippen LogP contribution in [0.2, 0.25) is 0 Å². The van der Waals surface area contributed by atoms with Gasteiger partial charge in [0.1, 0.15) is 29.5 Å². The molecule has 0 atom stereocenters. The Labute approximate surface area is 185 Å². The lowest BCUT2D eigenvalue weighted by atomic mass is 10.1. The summed E-state index contributed by atoms with van der Waals surface area (Å²) in [5.41, 5.74) is 3.96. The van der Waals surface area contributed by atoms with Crippen LogP contribution < -0.4 is 4.74 Å². The van der Waals surface area contributed by atoms with E-state index in [9.17, 15) is 4.79 Å². The first-order valence-corrected chi connectivity index (χ1v) is 10.3. The number of nitrogens with zero attached hydrogens (tertiary/aromatic N) is 4. The molecule has 0 saturated carbocycles. The Morgan fingerprint density at radius 1 is 1.06 bits per heavy atom. The molecule has 2 aromatic carbocycles. The third-order valence-electron chi connectivity index (χ3n) is 5.01. The number of esters is 1. The van der Waals surface area contributed by atoms with Gasteiger partial charge in [-0.1, -0.05) is 35.0 Å². The molecule has 0 spiro atoms. The highest BCUT2D eigenvalue weighted by Crippen LogP contribution is 2.25. The summed E-state index contributed by atoms with van der Waals surface area (Å²) in [6.07, 6.45) is 0. The number of aromatic nitrogens is 4. The van der Waals surface area contributed by atoms with Gasteiger partial charge in [0, 0.05) is 5.56 Å². The van der Waals surface area contributed by atoms with E-state index in [1.54, 1.807) is 18.5 Å². The van der Waals surface area contributed by atoms with E-state index < -0.39 is 5.97 Å². The van der Waals surface area contributed by atoms with Gasteiger partial charge >= 0.3 is 5.97 Å². The lowest BCUT2D eigenvalue weighted by molar-refractivity contribution is 0.0459. The molecule has 8 nitrogen and oxygen atoms in total. The molecule has 0 unspecified atom stereocenters. The van der Waals surface area contributed by atoms with Crippen LogP contribution in [-0.4, -0.2) is 32.6 Å². The molecule has 4 rings (SSSR count). The zero-order valence-corrected chi connectivity index (χ0v) is 18.5. The van der Waals surface area contributed by atoms with E-state index in [-0.39, 0.29) is 12.3 Å². The molecule has 2 aromatic heterocycles. The summed E-state index contributed by atoms with van der Waals surface area (Å²) in [5.74, 6) is 1.16. The number of carbonyl (C=O) groups is 1. The van der Waals surface area contributed by atoms with Crippen molar-refractivity contribution >= 4 is 5.97 Å². The van der Waals surface area contributed by atoms with E-state index in [0.717, 1.165) is 11.1 Å². The third-order valence-corrected chi connectivity index (χ3v) is 5.01. The third kappa shape index (κ3) is 4.25. The predicted molar refractivity (Wildman–Crippen MR) is 118 cm³/mol. The van der Waals surface area contributed by atoms with E-state index >= 15 is 0 Å². The van der Waals surface area contributed by atoms with E-state index in [1.165, 1.54) is 0 Å². The minimum absolute atomic E-state index is 0.0259. The van der Waals surface area contributed by atoms with Crippen LogP contribution in [0.3, 0.4) is 0 Å². The Balaban J connectivity index is 1.50. The van der Waals surface area contributed by atoms with Gasteiger partial charge in [0.2, 0.25) is 5.89 Å². The molecule has 32 heavy (non-hydrogen) atoms. The molecule has 0 amide bonds. The van der Waals surface area contributed by atoms with Crippen molar-refractivity contribution in [1.29, 1.82) is 0 Å². The van der Waals surface area contributed by atoms with Crippen molar-refractivity contribution in [2.24, 2.45) is 0 Å². The van der Waals surface area contributed by atoms with E-state index in [4.69, 9.17) is 13.9 Å². The molecule has 0 N–H and O–H groups in total. The van der Waals surface area contributed by atoms with Gasteiger partial charge < -0.3 is 13.9 Å². The van der Waals surface area contributed by atoms with Crippen molar-refractivity contribution < 1.29 is 18.7 Å². The molecule has 0 saturated heterocycles. The average Bonchev–Trinajstić information content (AvgIpc) is 3.35. The van der Waals surface area contributed by atoms with Crippen molar-refractivity contribution in [2.45, 2.75) is 34.3 Å². The van der Waals surface area contributed by atoms with Gasteiger partial charge in [-0.25, -0.2) is 14.5 Å². The molecule has 0 fully saturated rings. The lowest BCUT2D eigenvalue weighted by Gasteiger charge is -2.10. The predicted octanol–water partition coefficient (Wildman–Crippen LogP) is 4.60. The number of ether oxygens (including phenoxy) is 2. The van der Waals surface area contributed by atoms with Crippen LogP contribution in [0.25, 0.3) is 17.1 Å². The van der Waals surface area contributed by atoms with Crippen LogP contribution in [0, 0.1) is 20.8 Å².